The van der Waals surface area contributed by atoms with Crippen molar-refractivity contribution < 1.29 is 19.4 Å². The Kier molecular flexibility index (Phi) is 4.91. The average molecular weight is 379 g/mol. The second-order valence-electron chi connectivity index (χ2n) is 10.7. The number of ether oxygens (including phenoxy) is 2. The number of fused-ring (bicyclic) bond motifs is 5. The SMILES string of the molecule is COC[C@]12CC[C@@](C)(O)C[C@H]1CCC1[C@@H]3CC[C@H](C(=O)OC)[C@@]3(C)CC[C@@H]12. The molecule has 1 unspecified atom stereocenters. The van der Waals surface area contributed by atoms with Gasteiger partial charge in [0.2, 0.25) is 0 Å². The largest absolute Gasteiger partial charge is 0.469 e. The van der Waals surface area contributed by atoms with E-state index in [0.717, 1.165) is 38.7 Å². The van der Waals surface area contributed by atoms with Gasteiger partial charge < -0.3 is 14.6 Å². The molecule has 0 bridgehead atoms. The Morgan fingerprint density at radius 2 is 1.78 bits per heavy atom. The molecule has 0 spiro atoms. The Labute approximate surface area is 164 Å². The summed E-state index contributed by atoms with van der Waals surface area (Å²) < 4.78 is 11.0. The summed E-state index contributed by atoms with van der Waals surface area (Å²) in [4.78, 5) is 12.4. The predicted molar refractivity (Wildman–Crippen MR) is 104 cm³/mol. The van der Waals surface area contributed by atoms with Crippen molar-refractivity contribution in [2.45, 2.75) is 77.2 Å². The molecule has 0 heterocycles. The van der Waals surface area contributed by atoms with Gasteiger partial charge in [0, 0.05) is 7.11 Å². The molecule has 4 fully saturated rings. The van der Waals surface area contributed by atoms with E-state index < -0.39 is 5.60 Å². The standard InChI is InChI=1S/C23H38O4/c1-21(25)11-12-23(14-26-3)15(13-21)5-6-16-17-7-8-19(20(24)27-4)22(17,2)10-9-18(16)23/h15-19,25H,5-14H2,1-4H3/t15-,16?,17+,18+,19-,21-,22+,23-/m1/s1. The van der Waals surface area contributed by atoms with E-state index in [0.29, 0.717) is 23.7 Å². The molecular weight excluding hydrogens is 340 g/mol. The van der Waals surface area contributed by atoms with Crippen LogP contribution in [0.5, 0.6) is 0 Å². The summed E-state index contributed by atoms with van der Waals surface area (Å²) in [6, 6.07) is 0. The maximum absolute atomic E-state index is 12.4. The zero-order valence-electron chi connectivity index (χ0n) is 17.6. The fourth-order valence-electron chi connectivity index (χ4n) is 8.31. The fourth-order valence-corrected chi connectivity index (χ4v) is 8.31. The minimum absolute atomic E-state index is 0.00690. The van der Waals surface area contributed by atoms with Gasteiger partial charge in [0.15, 0.2) is 0 Å². The number of rotatable bonds is 3. The molecule has 0 aromatic rings. The molecule has 27 heavy (non-hydrogen) atoms. The van der Waals surface area contributed by atoms with E-state index in [2.05, 4.69) is 6.92 Å². The Morgan fingerprint density at radius 3 is 2.48 bits per heavy atom. The van der Waals surface area contributed by atoms with Gasteiger partial charge >= 0.3 is 5.97 Å². The lowest BCUT2D eigenvalue weighted by Gasteiger charge is -2.62. The number of methoxy groups -OCH3 is 2. The van der Waals surface area contributed by atoms with Gasteiger partial charge in [-0.15, -0.1) is 0 Å². The first kappa shape index (κ1) is 19.7. The van der Waals surface area contributed by atoms with Crippen molar-refractivity contribution in [2.75, 3.05) is 20.8 Å². The molecule has 4 aliphatic rings. The van der Waals surface area contributed by atoms with Gasteiger partial charge in [-0.05, 0) is 99.2 Å². The van der Waals surface area contributed by atoms with Crippen LogP contribution in [-0.4, -0.2) is 37.5 Å². The van der Waals surface area contributed by atoms with E-state index in [-0.39, 0.29) is 22.7 Å². The van der Waals surface area contributed by atoms with E-state index in [1.165, 1.54) is 32.8 Å². The van der Waals surface area contributed by atoms with Crippen molar-refractivity contribution in [3.63, 3.8) is 0 Å². The molecule has 4 aliphatic carbocycles. The molecule has 0 radical (unpaired) electrons. The minimum atomic E-state index is -0.513. The van der Waals surface area contributed by atoms with Crippen LogP contribution in [0.1, 0.15) is 71.6 Å². The van der Waals surface area contributed by atoms with Gasteiger partial charge in [-0.1, -0.05) is 6.92 Å². The monoisotopic (exact) mass is 378 g/mol. The zero-order chi connectivity index (χ0) is 19.4. The smallest absolute Gasteiger partial charge is 0.309 e. The maximum atomic E-state index is 12.4. The van der Waals surface area contributed by atoms with Crippen LogP contribution in [-0.2, 0) is 14.3 Å². The third kappa shape index (κ3) is 2.88. The Morgan fingerprint density at radius 1 is 1.00 bits per heavy atom. The lowest BCUT2D eigenvalue weighted by molar-refractivity contribution is -0.178. The van der Waals surface area contributed by atoms with Crippen LogP contribution in [0.2, 0.25) is 0 Å². The van der Waals surface area contributed by atoms with Gasteiger partial charge in [0.25, 0.3) is 0 Å². The van der Waals surface area contributed by atoms with Crippen molar-refractivity contribution in [3.05, 3.63) is 0 Å². The van der Waals surface area contributed by atoms with Crippen molar-refractivity contribution in [3.8, 4) is 0 Å². The molecule has 8 atom stereocenters. The first-order chi connectivity index (χ1) is 12.8. The summed E-state index contributed by atoms with van der Waals surface area (Å²) in [6.45, 7) is 5.22. The number of carbonyl (C=O) groups excluding carboxylic acids is 1. The van der Waals surface area contributed by atoms with Gasteiger partial charge in [0.05, 0.1) is 25.2 Å². The maximum Gasteiger partial charge on any atom is 0.309 e. The Bertz CT molecular complexity index is 587. The number of hydrogen-bond donors (Lipinski definition) is 1. The summed E-state index contributed by atoms with van der Waals surface area (Å²) >= 11 is 0. The number of aliphatic hydroxyl groups is 1. The van der Waals surface area contributed by atoms with Crippen LogP contribution in [0.25, 0.3) is 0 Å². The lowest BCUT2D eigenvalue weighted by Crippen LogP contribution is -2.58. The van der Waals surface area contributed by atoms with E-state index in [9.17, 15) is 9.90 Å². The third-order valence-electron chi connectivity index (χ3n) is 9.55. The van der Waals surface area contributed by atoms with E-state index in [1.54, 1.807) is 0 Å². The Hall–Kier alpha value is -0.610. The summed E-state index contributed by atoms with van der Waals surface area (Å²) in [6.07, 6.45) is 9.86. The third-order valence-corrected chi connectivity index (χ3v) is 9.55. The van der Waals surface area contributed by atoms with Crippen LogP contribution >= 0.6 is 0 Å². The van der Waals surface area contributed by atoms with E-state index in [1.807, 2.05) is 14.0 Å². The normalized spacial score (nSPS) is 51.8. The van der Waals surface area contributed by atoms with Gasteiger partial charge in [0.1, 0.15) is 0 Å². The highest BCUT2D eigenvalue weighted by Crippen LogP contribution is 2.68. The molecule has 4 rings (SSSR count). The van der Waals surface area contributed by atoms with Crippen LogP contribution in [0.4, 0.5) is 0 Å². The molecule has 1 N–H and O–H groups in total. The first-order valence-corrected chi connectivity index (χ1v) is 11.1. The van der Waals surface area contributed by atoms with Crippen molar-refractivity contribution in [1.82, 2.24) is 0 Å². The average Bonchev–Trinajstić information content (AvgIpc) is 2.98. The number of carbonyl (C=O) groups is 1. The number of hydrogen-bond acceptors (Lipinski definition) is 4. The molecule has 4 saturated carbocycles. The van der Waals surface area contributed by atoms with Crippen LogP contribution in [0.3, 0.4) is 0 Å². The quantitative estimate of drug-likeness (QED) is 0.748. The van der Waals surface area contributed by atoms with Crippen LogP contribution < -0.4 is 0 Å². The van der Waals surface area contributed by atoms with Crippen molar-refractivity contribution in [1.29, 1.82) is 0 Å². The molecule has 0 aliphatic heterocycles. The molecule has 0 saturated heterocycles. The van der Waals surface area contributed by atoms with Crippen molar-refractivity contribution in [2.24, 2.45) is 40.4 Å². The number of esters is 1. The topological polar surface area (TPSA) is 55.8 Å². The van der Waals surface area contributed by atoms with Gasteiger partial charge in [-0.25, -0.2) is 0 Å². The van der Waals surface area contributed by atoms with Crippen molar-refractivity contribution >= 4 is 5.97 Å². The van der Waals surface area contributed by atoms with E-state index in [4.69, 9.17) is 9.47 Å². The highest BCUT2D eigenvalue weighted by atomic mass is 16.5. The molecule has 4 heteroatoms. The summed E-state index contributed by atoms with van der Waals surface area (Å²) in [5.41, 5.74) is -0.179. The fraction of sp³-hybridized carbons (Fsp3) is 0.957. The lowest BCUT2D eigenvalue weighted by atomic mass is 9.43. The second-order valence-corrected chi connectivity index (χ2v) is 10.7. The highest BCUT2D eigenvalue weighted by Gasteiger charge is 2.63. The highest BCUT2D eigenvalue weighted by molar-refractivity contribution is 5.73. The molecular formula is C23H38O4. The second kappa shape index (κ2) is 6.73. The molecule has 0 aromatic heterocycles. The predicted octanol–water partition coefficient (Wildman–Crippen LogP) is 4.20. The summed E-state index contributed by atoms with van der Waals surface area (Å²) in [5.74, 6) is 2.68. The summed E-state index contributed by atoms with van der Waals surface area (Å²) in [7, 11) is 3.38. The Balaban J connectivity index is 1.63. The van der Waals surface area contributed by atoms with Crippen LogP contribution in [0.15, 0.2) is 0 Å². The van der Waals surface area contributed by atoms with Gasteiger partial charge in [-0.2, -0.15) is 0 Å². The molecule has 154 valence electrons. The molecule has 0 amide bonds. The molecule has 4 nitrogen and oxygen atoms in total. The summed E-state index contributed by atoms with van der Waals surface area (Å²) in [5, 5.41) is 10.7. The first-order valence-electron chi connectivity index (χ1n) is 11.1. The zero-order valence-corrected chi connectivity index (χ0v) is 17.6. The molecule has 0 aromatic carbocycles. The van der Waals surface area contributed by atoms with E-state index >= 15 is 0 Å². The minimum Gasteiger partial charge on any atom is -0.469 e. The van der Waals surface area contributed by atoms with Gasteiger partial charge in [-0.3, -0.25) is 4.79 Å². The van der Waals surface area contributed by atoms with Crippen LogP contribution in [0, 0.1) is 40.4 Å².